The second kappa shape index (κ2) is 10.5. The van der Waals surface area contributed by atoms with E-state index in [1.807, 2.05) is 0 Å². The standard InChI is InChI=1S/C22H37N3O/c1-6-9-10-11-14-23-19-12-13-21-20(17-19)22(18(4)24(21)5)26-16-15-25(7-2)8-3/h12-13,17,23H,6-11,14-16H2,1-5H3. The van der Waals surface area contributed by atoms with Crippen molar-refractivity contribution in [2.75, 3.05) is 38.1 Å². The second-order valence-electron chi connectivity index (χ2n) is 7.07. The lowest BCUT2D eigenvalue weighted by molar-refractivity contribution is 0.223. The number of aromatic nitrogens is 1. The summed E-state index contributed by atoms with van der Waals surface area (Å²) in [4.78, 5) is 2.39. The highest BCUT2D eigenvalue weighted by Gasteiger charge is 2.14. The molecule has 1 heterocycles. The number of ether oxygens (including phenoxy) is 1. The van der Waals surface area contributed by atoms with Crippen molar-refractivity contribution < 1.29 is 4.74 Å². The third-order valence-electron chi connectivity index (χ3n) is 5.34. The summed E-state index contributed by atoms with van der Waals surface area (Å²) in [6.45, 7) is 13.7. The third-order valence-corrected chi connectivity index (χ3v) is 5.34. The molecule has 0 atom stereocenters. The normalized spacial score (nSPS) is 11.5. The van der Waals surface area contributed by atoms with Crippen LogP contribution in [0.5, 0.6) is 5.75 Å². The Kier molecular flexibility index (Phi) is 8.30. The van der Waals surface area contributed by atoms with Gasteiger partial charge >= 0.3 is 0 Å². The van der Waals surface area contributed by atoms with Crippen LogP contribution in [0.25, 0.3) is 10.9 Å². The minimum absolute atomic E-state index is 0.732. The van der Waals surface area contributed by atoms with Gasteiger partial charge in [-0.2, -0.15) is 0 Å². The van der Waals surface area contributed by atoms with Gasteiger partial charge in [0.15, 0.2) is 0 Å². The Morgan fingerprint density at radius 1 is 1.08 bits per heavy atom. The molecule has 2 aromatic rings. The van der Waals surface area contributed by atoms with Crippen LogP contribution in [0.4, 0.5) is 5.69 Å². The Morgan fingerprint density at radius 3 is 2.54 bits per heavy atom. The molecule has 0 aliphatic heterocycles. The van der Waals surface area contributed by atoms with Gasteiger partial charge in [-0.15, -0.1) is 0 Å². The SMILES string of the molecule is CCCCCCNc1ccc2c(c1)c(OCCN(CC)CC)c(C)n2C. The average Bonchev–Trinajstić information content (AvgIpc) is 2.89. The van der Waals surface area contributed by atoms with Crippen molar-refractivity contribution in [1.29, 1.82) is 0 Å². The Labute approximate surface area is 159 Å². The molecule has 26 heavy (non-hydrogen) atoms. The summed E-state index contributed by atoms with van der Waals surface area (Å²) >= 11 is 0. The van der Waals surface area contributed by atoms with Crippen LogP contribution in [0.3, 0.4) is 0 Å². The molecule has 1 aromatic heterocycles. The zero-order valence-electron chi connectivity index (χ0n) is 17.4. The fourth-order valence-corrected chi connectivity index (χ4v) is 3.43. The van der Waals surface area contributed by atoms with Gasteiger partial charge in [0, 0.05) is 31.2 Å². The van der Waals surface area contributed by atoms with Crippen LogP contribution in [0.2, 0.25) is 0 Å². The number of hydrogen-bond acceptors (Lipinski definition) is 3. The summed E-state index contributed by atoms with van der Waals surface area (Å²) in [5.41, 5.74) is 3.62. The summed E-state index contributed by atoms with van der Waals surface area (Å²) in [7, 11) is 2.12. The molecule has 0 radical (unpaired) electrons. The molecule has 1 aromatic carbocycles. The largest absolute Gasteiger partial charge is 0.490 e. The summed E-state index contributed by atoms with van der Waals surface area (Å²) in [5.74, 6) is 1.03. The molecule has 0 spiro atoms. The van der Waals surface area contributed by atoms with Gasteiger partial charge in [-0.25, -0.2) is 0 Å². The number of benzene rings is 1. The lowest BCUT2D eigenvalue weighted by atomic mass is 10.2. The summed E-state index contributed by atoms with van der Waals surface area (Å²) in [6.07, 6.45) is 5.13. The van der Waals surface area contributed by atoms with E-state index in [-0.39, 0.29) is 0 Å². The first-order valence-electron chi connectivity index (χ1n) is 10.3. The minimum atomic E-state index is 0.732. The van der Waals surface area contributed by atoms with E-state index in [1.165, 1.54) is 48.0 Å². The van der Waals surface area contributed by atoms with Gasteiger partial charge in [0.25, 0.3) is 0 Å². The first-order chi connectivity index (χ1) is 12.6. The number of anilines is 1. The Bertz CT molecular complexity index is 674. The number of nitrogens with one attached hydrogen (secondary N) is 1. The zero-order valence-corrected chi connectivity index (χ0v) is 17.4. The van der Waals surface area contributed by atoms with Gasteiger partial charge in [-0.1, -0.05) is 40.0 Å². The Hall–Kier alpha value is -1.68. The van der Waals surface area contributed by atoms with E-state index in [9.17, 15) is 0 Å². The quantitative estimate of drug-likeness (QED) is 0.528. The van der Waals surface area contributed by atoms with E-state index in [4.69, 9.17) is 4.74 Å². The number of hydrogen-bond donors (Lipinski definition) is 1. The topological polar surface area (TPSA) is 29.4 Å². The van der Waals surface area contributed by atoms with Crippen LogP contribution in [-0.2, 0) is 7.05 Å². The molecular weight excluding hydrogens is 322 g/mol. The predicted molar refractivity (Wildman–Crippen MR) is 114 cm³/mol. The lowest BCUT2D eigenvalue weighted by Crippen LogP contribution is -2.27. The molecule has 0 bridgehead atoms. The van der Waals surface area contributed by atoms with E-state index < -0.39 is 0 Å². The van der Waals surface area contributed by atoms with Gasteiger partial charge in [0.1, 0.15) is 12.4 Å². The van der Waals surface area contributed by atoms with E-state index in [0.29, 0.717) is 0 Å². The highest BCUT2D eigenvalue weighted by molar-refractivity contribution is 5.91. The first kappa shape index (κ1) is 20.6. The monoisotopic (exact) mass is 359 g/mol. The number of unbranched alkanes of at least 4 members (excludes halogenated alkanes) is 3. The molecule has 146 valence electrons. The Morgan fingerprint density at radius 2 is 1.85 bits per heavy atom. The molecule has 0 fully saturated rings. The maximum absolute atomic E-state index is 6.23. The number of nitrogens with zero attached hydrogens (tertiary/aromatic N) is 2. The van der Waals surface area contributed by atoms with Gasteiger partial charge in [0.2, 0.25) is 0 Å². The van der Waals surface area contributed by atoms with E-state index in [2.05, 4.69) is 67.7 Å². The molecule has 0 saturated heterocycles. The van der Waals surface area contributed by atoms with Crippen LogP contribution in [-0.4, -0.2) is 42.3 Å². The van der Waals surface area contributed by atoms with E-state index in [0.717, 1.165) is 38.5 Å². The van der Waals surface area contributed by atoms with Gasteiger partial charge in [0.05, 0.1) is 11.2 Å². The predicted octanol–water partition coefficient (Wildman–Crippen LogP) is 5.20. The van der Waals surface area contributed by atoms with Crippen LogP contribution < -0.4 is 10.1 Å². The first-order valence-corrected chi connectivity index (χ1v) is 10.3. The van der Waals surface area contributed by atoms with Gasteiger partial charge in [-0.3, -0.25) is 0 Å². The van der Waals surface area contributed by atoms with Gasteiger partial charge < -0.3 is 19.5 Å². The van der Waals surface area contributed by atoms with Crippen molar-refractivity contribution in [3.63, 3.8) is 0 Å². The van der Waals surface area contributed by atoms with E-state index in [1.54, 1.807) is 0 Å². The third kappa shape index (κ3) is 5.16. The van der Waals surface area contributed by atoms with Crippen molar-refractivity contribution >= 4 is 16.6 Å². The van der Waals surface area contributed by atoms with Crippen molar-refractivity contribution in [2.24, 2.45) is 7.05 Å². The van der Waals surface area contributed by atoms with E-state index >= 15 is 0 Å². The van der Waals surface area contributed by atoms with Crippen molar-refractivity contribution in [1.82, 2.24) is 9.47 Å². The highest BCUT2D eigenvalue weighted by atomic mass is 16.5. The Balaban J connectivity index is 2.07. The number of fused-ring (bicyclic) bond motifs is 1. The molecule has 0 saturated carbocycles. The highest BCUT2D eigenvalue weighted by Crippen LogP contribution is 2.34. The van der Waals surface area contributed by atoms with Crippen molar-refractivity contribution in [3.8, 4) is 5.75 Å². The summed E-state index contributed by atoms with van der Waals surface area (Å²) in [5, 5.41) is 4.78. The second-order valence-corrected chi connectivity index (χ2v) is 7.07. The van der Waals surface area contributed by atoms with Crippen LogP contribution in [0, 0.1) is 6.92 Å². The minimum Gasteiger partial charge on any atom is -0.490 e. The fraction of sp³-hybridized carbons (Fsp3) is 0.636. The molecule has 4 nitrogen and oxygen atoms in total. The molecule has 1 N–H and O–H groups in total. The summed E-state index contributed by atoms with van der Waals surface area (Å²) in [6, 6.07) is 6.63. The molecule has 0 unspecified atom stereocenters. The van der Waals surface area contributed by atoms with Crippen molar-refractivity contribution in [3.05, 3.63) is 23.9 Å². The lowest BCUT2D eigenvalue weighted by Gasteiger charge is -2.18. The molecule has 4 heteroatoms. The number of aryl methyl sites for hydroxylation is 1. The van der Waals surface area contributed by atoms with Crippen LogP contribution in [0.15, 0.2) is 18.2 Å². The zero-order chi connectivity index (χ0) is 18.9. The molecule has 0 aliphatic rings. The smallest absolute Gasteiger partial charge is 0.147 e. The number of rotatable bonds is 12. The molecule has 0 aliphatic carbocycles. The molecular formula is C22H37N3O. The average molecular weight is 360 g/mol. The maximum Gasteiger partial charge on any atom is 0.147 e. The van der Waals surface area contributed by atoms with Crippen LogP contribution >= 0.6 is 0 Å². The molecule has 0 amide bonds. The fourth-order valence-electron chi connectivity index (χ4n) is 3.43. The summed E-state index contributed by atoms with van der Waals surface area (Å²) < 4.78 is 8.46. The van der Waals surface area contributed by atoms with Crippen LogP contribution in [0.1, 0.15) is 52.1 Å². The molecule has 2 rings (SSSR count). The maximum atomic E-state index is 6.23. The van der Waals surface area contributed by atoms with Gasteiger partial charge in [-0.05, 0) is 44.6 Å². The van der Waals surface area contributed by atoms with Crippen molar-refractivity contribution in [2.45, 2.75) is 53.4 Å². The number of likely N-dealkylation sites (N-methyl/N-ethyl adjacent to an activating group) is 1.